The van der Waals surface area contributed by atoms with Crippen molar-refractivity contribution in [3.05, 3.63) is 41.7 Å². The molecule has 10 nitrogen and oxygen atoms in total. The van der Waals surface area contributed by atoms with Gasteiger partial charge in [-0.3, -0.25) is 4.79 Å². The topological polar surface area (TPSA) is 127 Å². The fourth-order valence-electron chi connectivity index (χ4n) is 4.22. The van der Waals surface area contributed by atoms with E-state index >= 15 is 0 Å². The Labute approximate surface area is 215 Å². The number of ether oxygens (including phenoxy) is 1. The molecule has 1 fully saturated rings. The Balaban J connectivity index is 1.65. The fraction of sp³-hybridized carbons (Fsp3) is 0.417. The van der Waals surface area contributed by atoms with Crippen LogP contribution in [0.4, 0.5) is 33.9 Å². The monoisotopic (exact) mass is 537 g/mol. The van der Waals surface area contributed by atoms with Crippen LogP contribution in [0.5, 0.6) is 0 Å². The predicted octanol–water partition coefficient (Wildman–Crippen LogP) is 3.73. The summed E-state index contributed by atoms with van der Waals surface area (Å²) in [7, 11) is 1.56. The van der Waals surface area contributed by atoms with Crippen LogP contribution >= 0.6 is 0 Å². The molecule has 0 unspecified atom stereocenters. The van der Waals surface area contributed by atoms with Crippen LogP contribution in [0.3, 0.4) is 0 Å². The van der Waals surface area contributed by atoms with E-state index in [2.05, 4.69) is 20.7 Å². The van der Waals surface area contributed by atoms with E-state index in [-0.39, 0.29) is 35.7 Å². The third-order valence-corrected chi connectivity index (χ3v) is 5.93. The molecule has 1 aromatic carbocycles. The molecule has 4 rings (SSSR count). The summed E-state index contributed by atoms with van der Waals surface area (Å²) in [4.78, 5) is 30.4. The van der Waals surface area contributed by atoms with Crippen LogP contribution in [-0.4, -0.2) is 69.5 Å². The van der Waals surface area contributed by atoms with E-state index in [9.17, 15) is 27.2 Å². The number of nitrogen functional groups attached to an aromatic ring is 1. The summed E-state index contributed by atoms with van der Waals surface area (Å²) in [6.07, 6.45) is -5.95. The first-order valence-corrected chi connectivity index (χ1v) is 11.6. The van der Waals surface area contributed by atoms with Crippen LogP contribution in [0.15, 0.2) is 30.6 Å². The van der Waals surface area contributed by atoms with Crippen molar-refractivity contribution in [3.63, 3.8) is 0 Å². The standard InChI is InChI=1S/C24H27F4N7O3/c1-23(2,3)38-22(37)34-9-15(25)17(10-34)33-21(36)13-7-12(5-6-16(13)30-4)18-8-14(24(26,27)28)19-20(29)31-11-32-35(18)19/h5-8,11,15,17,30H,9-10H2,1-4H3,(H,33,36)(H2,29,31,32)/t15-,17+/m0/s1. The molecule has 0 bridgehead atoms. The van der Waals surface area contributed by atoms with Crippen molar-refractivity contribution in [2.24, 2.45) is 0 Å². The number of rotatable bonds is 4. The number of amides is 2. The average Bonchev–Trinajstić information content (AvgIpc) is 3.39. The molecule has 0 aliphatic carbocycles. The van der Waals surface area contributed by atoms with Gasteiger partial charge in [0.2, 0.25) is 0 Å². The number of carbonyl (C=O) groups excluding carboxylic acids is 2. The van der Waals surface area contributed by atoms with Crippen molar-refractivity contribution in [2.45, 2.75) is 44.8 Å². The minimum absolute atomic E-state index is 0.0264. The number of hydrogen-bond acceptors (Lipinski definition) is 7. The minimum atomic E-state index is -4.73. The zero-order chi connectivity index (χ0) is 28.0. The van der Waals surface area contributed by atoms with Gasteiger partial charge in [-0.25, -0.2) is 18.7 Å². The van der Waals surface area contributed by atoms with E-state index in [1.807, 2.05) is 0 Å². The molecule has 14 heteroatoms. The number of anilines is 2. The van der Waals surface area contributed by atoms with Crippen molar-refractivity contribution in [3.8, 4) is 11.3 Å². The van der Waals surface area contributed by atoms with Crippen molar-refractivity contribution in [2.75, 3.05) is 31.2 Å². The summed E-state index contributed by atoms with van der Waals surface area (Å²) in [6.45, 7) is 4.70. The lowest BCUT2D eigenvalue weighted by atomic mass is 10.0. The van der Waals surface area contributed by atoms with Crippen LogP contribution < -0.4 is 16.4 Å². The molecule has 0 radical (unpaired) electrons. The van der Waals surface area contributed by atoms with E-state index < -0.39 is 47.1 Å². The molecule has 2 amide bonds. The van der Waals surface area contributed by atoms with Gasteiger partial charge in [-0.15, -0.1) is 0 Å². The Bertz CT molecular complexity index is 1380. The van der Waals surface area contributed by atoms with Crippen LogP contribution in [0.25, 0.3) is 16.8 Å². The number of fused-ring (bicyclic) bond motifs is 1. The first-order valence-electron chi connectivity index (χ1n) is 11.6. The summed E-state index contributed by atoms with van der Waals surface area (Å²) < 4.78 is 62.2. The maximum atomic E-state index is 14.7. The van der Waals surface area contributed by atoms with Gasteiger partial charge >= 0.3 is 12.3 Å². The molecule has 3 aromatic rings. The zero-order valence-corrected chi connectivity index (χ0v) is 21.1. The van der Waals surface area contributed by atoms with E-state index in [1.165, 1.54) is 23.1 Å². The number of hydrogen-bond donors (Lipinski definition) is 3. The molecule has 0 spiro atoms. The quantitative estimate of drug-likeness (QED) is 0.433. The van der Waals surface area contributed by atoms with Crippen LogP contribution in [-0.2, 0) is 10.9 Å². The maximum absolute atomic E-state index is 14.7. The van der Waals surface area contributed by atoms with Crippen molar-refractivity contribution >= 4 is 29.0 Å². The van der Waals surface area contributed by atoms with Gasteiger partial charge in [0, 0.05) is 24.8 Å². The SMILES string of the molecule is CNc1ccc(-c2cc(C(F)(F)F)c3c(N)ncnn23)cc1C(=O)N[C@@H]1CN(C(=O)OC(C)(C)C)C[C@@H]1F. The number of nitrogens with zero attached hydrogens (tertiary/aromatic N) is 4. The average molecular weight is 538 g/mol. The van der Waals surface area contributed by atoms with Gasteiger partial charge in [-0.05, 0) is 39.0 Å². The van der Waals surface area contributed by atoms with Crippen LogP contribution in [0.2, 0.25) is 0 Å². The first kappa shape index (κ1) is 26.9. The van der Waals surface area contributed by atoms with Gasteiger partial charge in [0.15, 0.2) is 5.82 Å². The molecule has 38 heavy (non-hydrogen) atoms. The second-order valence-electron chi connectivity index (χ2n) is 9.84. The van der Waals surface area contributed by atoms with Gasteiger partial charge in [0.25, 0.3) is 5.91 Å². The smallest absolute Gasteiger partial charge is 0.418 e. The van der Waals surface area contributed by atoms with Gasteiger partial charge in [0.05, 0.1) is 29.4 Å². The highest BCUT2D eigenvalue weighted by molar-refractivity contribution is 6.01. The Hall–Kier alpha value is -4.10. The molecule has 4 N–H and O–H groups in total. The van der Waals surface area contributed by atoms with Gasteiger partial charge in [-0.2, -0.15) is 18.3 Å². The van der Waals surface area contributed by atoms with E-state index in [1.54, 1.807) is 27.8 Å². The number of nitrogens with one attached hydrogen (secondary N) is 2. The summed E-state index contributed by atoms with van der Waals surface area (Å²) in [5.74, 6) is -1.03. The molecule has 2 atom stereocenters. The Morgan fingerprint density at radius 3 is 2.50 bits per heavy atom. The van der Waals surface area contributed by atoms with Gasteiger partial charge < -0.3 is 26.0 Å². The Morgan fingerprint density at radius 1 is 1.16 bits per heavy atom. The summed E-state index contributed by atoms with van der Waals surface area (Å²) in [5, 5.41) is 9.36. The van der Waals surface area contributed by atoms with Gasteiger partial charge in [0.1, 0.15) is 23.6 Å². The highest BCUT2D eigenvalue weighted by Gasteiger charge is 2.39. The van der Waals surface area contributed by atoms with Crippen molar-refractivity contribution < 1.29 is 31.9 Å². The molecule has 0 saturated carbocycles. The molecule has 204 valence electrons. The van der Waals surface area contributed by atoms with Crippen molar-refractivity contribution in [1.82, 2.24) is 24.8 Å². The Kier molecular flexibility index (Phi) is 6.84. The third-order valence-electron chi connectivity index (χ3n) is 5.93. The summed E-state index contributed by atoms with van der Waals surface area (Å²) in [6, 6.07) is 4.26. The zero-order valence-electron chi connectivity index (χ0n) is 21.1. The highest BCUT2D eigenvalue weighted by atomic mass is 19.4. The highest BCUT2D eigenvalue weighted by Crippen LogP contribution is 2.39. The molecule has 2 aromatic heterocycles. The summed E-state index contributed by atoms with van der Waals surface area (Å²) >= 11 is 0. The number of alkyl halides is 4. The second kappa shape index (κ2) is 9.65. The maximum Gasteiger partial charge on any atom is 0.418 e. The molecular weight excluding hydrogens is 510 g/mol. The predicted molar refractivity (Wildman–Crippen MR) is 131 cm³/mol. The van der Waals surface area contributed by atoms with E-state index in [0.717, 1.165) is 16.9 Å². The van der Waals surface area contributed by atoms with Crippen LogP contribution in [0, 0.1) is 0 Å². The number of likely N-dealkylation sites (tertiary alicyclic amines) is 1. The largest absolute Gasteiger partial charge is 0.444 e. The molecule has 1 aliphatic heterocycles. The third kappa shape index (κ3) is 5.29. The van der Waals surface area contributed by atoms with E-state index in [0.29, 0.717) is 5.69 Å². The second-order valence-corrected chi connectivity index (χ2v) is 9.84. The number of aromatic nitrogens is 3. The Morgan fingerprint density at radius 2 is 1.87 bits per heavy atom. The molecule has 1 saturated heterocycles. The number of benzene rings is 1. The molecule has 1 aliphatic rings. The number of carbonyl (C=O) groups is 2. The van der Waals surface area contributed by atoms with Gasteiger partial charge in [-0.1, -0.05) is 6.07 Å². The molecule has 3 heterocycles. The fourth-order valence-corrected chi connectivity index (χ4v) is 4.22. The normalized spacial score (nSPS) is 18.1. The molecular formula is C24H27F4N7O3. The van der Waals surface area contributed by atoms with E-state index in [4.69, 9.17) is 10.5 Å². The first-order chi connectivity index (χ1) is 17.7. The number of halogens is 4. The lowest BCUT2D eigenvalue weighted by molar-refractivity contribution is -0.136. The van der Waals surface area contributed by atoms with Crippen LogP contribution in [0.1, 0.15) is 36.7 Å². The lowest BCUT2D eigenvalue weighted by Crippen LogP contribution is -2.42. The number of nitrogens with two attached hydrogens (primary N) is 1. The lowest BCUT2D eigenvalue weighted by Gasteiger charge is -2.24. The minimum Gasteiger partial charge on any atom is -0.444 e. The summed E-state index contributed by atoms with van der Waals surface area (Å²) in [5.41, 5.74) is 4.19. The van der Waals surface area contributed by atoms with Crippen molar-refractivity contribution in [1.29, 1.82) is 0 Å².